The van der Waals surface area contributed by atoms with E-state index in [-0.39, 0.29) is 36.4 Å². The lowest BCUT2D eigenvalue weighted by Gasteiger charge is -2.08. The van der Waals surface area contributed by atoms with Crippen LogP contribution in [0, 0.1) is 27.7 Å². The van der Waals surface area contributed by atoms with Crippen molar-refractivity contribution in [3.63, 3.8) is 0 Å². The number of carbonyl (C=O) groups is 3. The summed E-state index contributed by atoms with van der Waals surface area (Å²) in [7, 11) is 1.73. The summed E-state index contributed by atoms with van der Waals surface area (Å²) in [5.41, 5.74) is 10.8. The van der Waals surface area contributed by atoms with E-state index in [2.05, 4.69) is 27.2 Å². The number of carbonyl (C=O) groups excluding carboxylic acids is 3. The molecule has 0 saturated heterocycles. The van der Waals surface area contributed by atoms with Gasteiger partial charge >= 0.3 is 0 Å². The van der Waals surface area contributed by atoms with Crippen molar-refractivity contribution in [2.45, 2.75) is 47.0 Å². The number of para-hydroxylation sites is 1. The molecule has 0 aliphatic carbocycles. The fourth-order valence-electron chi connectivity index (χ4n) is 4.61. The molecule has 0 aliphatic heterocycles. The molecule has 0 saturated carbocycles. The summed E-state index contributed by atoms with van der Waals surface area (Å²) >= 11 is 0. The quantitative estimate of drug-likeness (QED) is 0.281. The topological polar surface area (TPSA) is 130 Å². The maximum Gasteiger partial charge on any atom is 0.295 e. The van der Waals surface area contributed by atoms with Gasteiger partial charge in [-0.3, -0.25) is 34.7 Å². The number of fused-ring (bicyclic) bond motifs is 1. The van der Waals surface area contributed by atoms with Crippen LogP contribution in [-0.4, -0.2) is 32.1 Å². The van der Waals surface area contributed by atoms with Crippen LogP contribution < -0.4 is 21.7 Å². The molecule has 4 aromatic rings. The Morgan fingerprint density at radius 3 is 2.26 bits per heavy atom. The van der Waals surface area contributed by atoms with Crippen LogP contribution in [0.2, 0.25) is 0 Å². The summed E-state index contributed by atoms with van der Waals surface area (Å²) in [6, 6.07) is 13.2. The molecule has 0 fully saturated rings. The van der Waals surface area contributed by atoms with Crippen LogP contribution >= 0.6 is 0 Å². The van der Waals surface area contributed by atoms with Gasteiger partial charge in [-0.15, -0.1) is 0 Å². The summed E-state index contributed by atoms with van der Waals surface area (Å²) in [6.07, 6.45) is -0.216. The molecule has 0 unspecified atom stereocenters. The lowest BCUT2D eigenvalue weighted by molar-refractivity contribution is -0.129. The van der Waals surface area contributed by atoms with Crippen molar-refractivity contribution < 1.29 is 14.4 Å². The zero-order valence-electron chi connectivity index (χ0n) is 22.2. The predicted molar refractivity (Wildman–Crippen MR) is 146 cm³/mol. The molecule has 0 bridgehead atoms. The van der Waals surface area contributed by atoms with Crippen molar-refractivity contribution in [1.82, 2.24) is 25.2 Å². The normalized spacial score (nSPS) is 11.0. The largest absolute Gasteiger partial charge is 0.358 e. The number of hydrogen-bond donors (Lipinski definition) is 4. The third-order valence-electron chi connectivity index (χ3n) is 6.65. The van der Waals surface area contributed by atoms with Gasteiger partial charge in [0.2, 0.25) is 17.7 Å². The molecular weight excluding hydrogens is 484 g/mol. The Morgan fingerprint density at radius 2 is 1.55 bits per heavy atom. The van der Waals surface area contributed by atoms with Crippen LogP contribution in [0.1, 0.15) is 40.9 Å². The van der Waals surface area contributed by atoms with Crippen molar-refractivity contribution in [3.8, 4) is 5.69 Å². The standard InChI is InChI=1S/C28H32N6O4/c1-16-13-17(2)26-22(14-16)21(18(3)29-26)15-25(37)32-31-24(36)12-11-23(35)30-27-19(4)33(5)34(28(27)38)20-9-7-6-8-10-20/h6-10,13-14,29H,11-12,15H2,1-5H3,(H,30,35)(H,31,36)(H,32,37). The highest BCUT2D eigenvalue weighted by atomic mass is 16.2. The number of nitrogens with zero attached hydrogens (tertiary/aromatic N) is 2. The van der Waals surface area contributed by atoms with Crippen LogP contribution in [0.25, 0.3) is 16.6 Å². The molecular formula is C28H32N6O4. The number of rotatable bonds is 7. The van der Waals surface area contributed by atoms with Gasteiger partial charge in [-0.1, -0.05) is 29.8 Å². The number of aromatic nitrogens is 3. The van der Waals surface area contributed by atoms with Crippen molar-refractivity contribution in [2.24, 2.45) is 7.05 Å². The number of benzene rings is 2. The highest BCUT2D eigenvalue weighted by molar-refractivity contribution is 5.95. The van der Waals surface area contributed by atoms with Crippen molar-refractivity contribution in [2.75, 3.05) is 5.32 Å². The van der Waals surface area contributed by atoms with E-state index in [1.54, 1.807) is 30.8 Å². The van der Waals surface area contributed by atoms with Gasteiger partial charge in [-0.2, -0.15) is 0 Å². The zero-order chi connectivity index (χ0) is 27.6. The minimum absolute atomic E-state index is 0.0937. The first-order valence-electron chi connectivity index (χ1n) is 12.4. The van der Waals surface area contributed by atoms with E-state index in [0.29, 0.717) is 11.4 Å². The Hall–Kier alpha value is -4.60. The Balaban J connectivity index is 1.31. The second-order valence-electron chi connectivity index (χ2n) is 9.49. The van der Waals surface area contributed by atoms with E-state index in [4.69, 9.17) is 0 Å². The molecule has 0 spiro atoms. The first-order valence-corrected chi connectivity index (χ1v) is 12.4. The van der Waals surface area contributed by atoms with Gasteiger partial charge in [0.25, 0.3) is 5.56 Å². The zero-order valence-corrected chi connectivity index (χ0v) is 22.2. The Labute approximate surface area is 220 Å². The summed E-state index contributed by atoms with van der Waals surface area (Å²) in [4.78, 5) is 53.6. The highest BCUT2D eigenvalue weighted by Gasteiger charge is 2.19. The number of H-pyrrole nitrogens is 1. The number of anilines is 1. The molecule has 0 radical (unpaired) electrons. The first-order chi connectivity index (χ1) is 18.1. The Morgan fingerprint density at radius 1 is 0.895 bits per heavy atom. The number of aromatic amines is 1. The number of nitrogens with one attached hydrogen (secondary N) is 4. The number of amides is 3. The van der Waals surface area contributed by atoms with E-state index < -0.39 is 11.8 Å². The van der Waals surface area contributed by atoms with Crippen molar-refractivity contribution >= 4 is 34.3 Å². The lowest BCUT2D eigenvalue weighted by atomic mass is 10.0. The number of hydrazine groups is 1. The molecule has 198 valence electrons. The maximum absolute atomic E-state index is 12.9. The van der Waals surface area contributed by atoms with Gasteiger partial charge in [0.15, 0.2) is 0 Å². The van der Waals surface area contributed by atoms with E-state index in [9.17, 15) is 19.2 Å². The second-order valence-corrected chi connectivity index (χ2v) is 9.49. The van der Waals surface area contributed by atoms with E-state index in [0.717, 1.165) is 33.3 Å². The Bertz CT molecular complexity index is 1590. The molecule has 2 aromatic heterocycles. The molecule has 2 aromatic carbocycles. The summed E-state index contributed by atoms with van der Waals surface area (Å²) in [6.45, 7) is 7.67. The van der Waals surface area contributed by atoms with E-state index in [1.165, 1.54) is 4.68 Å². The third kappa shape index (κ3) is 5.39. The summed E-state index contributed by atoms with van der Waals surface area (Å²) < 4.78 is 3.12. The molecule has 4 rings (SSSR count). The van der Waals surface area contributed by atoms with Crippen LogP contribution in [0.4, 0.5) is 5.69 Å². The third-order valence-corrected chi connectivity index (χ3v) is 6.65. The fraction of sp³-hybridized carbons (Fsp3) is 0.286. The molecule has 0 atom stereocenters. The average Bonchev–Trinajstić information content (AvgIpc) is 3.30. The monoisotopic (exact) mass is 516 g/mol. The Kier molecular flexibility index (Phi) is 7.52. The van der Waals surface area contributed by atoms with Gasteiger partial charge in [0, 0.05) is 36.5 Å². The van der Waals surface area contributed by atoms with Crippen LogP contribution in [0.15, 0.2) is 47.3 Å². The summed E-state index contributed by atoms with van der Waals surface area (Å²) in [5, 5.41) is 3.61. The number of hydrogen-bond acceptors (Lipinski definition) is 4. The van der Waals surface area contributed by atoms with E-state index in [1.807, 2.05) is 45.0 Å². The number of aryl methyl sites for hydroxylation is 3. The van der Waals surface area contributed by atoms with Crippen LogP contribution in [0.5, 0.6) is 0 Å². The fourth-order valence-corrected chi connectivity index (χ4v) is 4.61. The van der Waals surface area contributed by atoms with Gasteiger partial charge in [0.05, 0.1) is 17.8 Å². The SMILES string of the molecule is Cc1cc(C)c2[nH]c(C)c(CC(=O)NNC(=O)CCC(=O)Nc3c(C)n(C)n(-c4ccccc4)c3=O)c2c1. The predicted octanol–water partition coefficient (Wildman–Crippen LogP) is 3.00. The van der Waals surface area contributed by atoms with Gasteiger partial charge in [0.1, 0.15) is 5.69 Å². The van der Waals surface area contributed by atoms with Gasteiger partial charge in [-0.25, -0.2) is 4.68 Å². The molecule has 3 amide bonds. The second kappa shape index (κ2) is 10.8. The smallest absolute Gasteiger partial charge is 0.295 e. The minimum atomic E-state index is -0.512. The van der Waals surface area contributed by atoms with Crippen molar-refractivity contribution in [1.29, 1.82) is 0 Å². The van der Waals surface area contributed by atoms with Crippen LogP contribution in [-0.2, 0) is 27.9 Å². The summed E-state index contributed by atoms with van der Waals surface area (Å²) in [5.74, 6) is -1.35. The molecule has 0 aliphatic rings. The lowest BCUT2D eigenvalue weighted by Crippen LogP contribution is -2.42. The molecule has 4 N–H and O–H groups in total. The van der Waals surface area contributed by atoms with Crippen LogP contribution in [0.3, 0.4) is 0 Å². The van der Waals surface area contributed by atoms with Gasteiger partial charge in [-0.05, 0) is 57.0 Å². The molecule has 2 heterocycles. The highest BCUT2D eigenvalue weighted by Crippen LogP contribution is 2.26. The molecule has 10 nitrogen and oxygen atoms in total. The minimum Gasteiger partial charge on any atom is -0.358 e. The van der Waals surface area contributed by atoms with Crippen molar-refractivity contribution in [3.05, 3.63) is 80.9 Å². The van der Waals surface area contributed by atoms with E-state index >= 15 is 0 Å². The van der Waals surface area contributed by atoms with Gasteiger partial charge < -0.3 is 10.3 Å². The average molecular weight is 517 g/mol. The molecule has 10 heteroatoms. The molecule has 38 heavy (non-hydrogen) atoms. The first kappa shape index (κ1) is 26.5. The maximum atomic E-state index is 12.9.